The highest BCUT2D eigenvalue weighted by Crippen LogP contribution is 2.61. The van der Waals surface area contributed by atoms with Crippen LogP contribution in [0.2, 0.25) is 0 Å². The van der Waals surface area contributed by atoms with E-state index in [1.54, 1.807) is 0 Å². The molecule has 1 aromatic rings. The zero-order valence-corrected chi connectivity index (χ0v) is 12.5. The second-order valence-corrected chi connectivity index (χ2v) is 5.20. The first-order chi connectivity index (χ1) is 11.8. The molecule has 1 rings (SSSR count). The van der Waals surface area contributed by atoms with Crippen molar-refractivity contribution < 1.29 is 57.1 Å². The molecule has 0 N–H and O–H groups in total. The van der Waals surface area contributed by atoms with Crippen LogP contribution in [0.3, 0.4) is 0 Å². The van der Waals surface area contributed by atoms with Gasteiger partial charge in [-0.2, -0.15) is 57.1 Å². The fourth-order valence-corrected chi connectivity index (χ4v) is 1.78. The van der Waals surface area contributed by atoms with E-state index in [1.165, 1.54) is 0 Å². The Kier molecular flexibility index (Phi) is 5.38. The monoisotopic (exact) mass is 422 g/mol. The van der Waals surface area contributed by atoms with E-state index in [0.29, 0.717) is 12.1 Å². The lowest BCUT2D eigenvalue weighted by molar-refractivity contribution is -0.441. The largest absolute Gasteiger partial charge is 0.460 e. The quantitative estimate of drug-likeness (QED) is 0.458. The predicted molar refractivity (Wildman–Crippen MR) is 66.3 cm³/mol. The first-order valence-corrected chi connectivity index (χ1v) is 6.48. The van der Waals surface area contributed by atoms with Crippen molar-refractivity contribution in [1.82, 2.24) is 0 Å². The molecule has 0 bridgehead atoms. The lowest BCUT2D eigenvalue weighted by Gasteiger charge is -2.39. The van der Waals surface area contributed by atoms with Crippen LogP contribution in [0.25, 0.3) is 6.08 Å². The predicted octanol–water partition coefficient (Wildman–Crippen LogP) is 6.52. The van der Waals surface area contributed by atoms with Crippen LogP contribution in [0.1, 0.15) is 11.1 Å². The molecular formula is C14H7F13. The van der Waals surface area contributed by atoms with Gasteiger partial charge in [-0.25, -0.2) is 0 Å². The average molecular weight is 422 g/mol. The SMILES string of the molecule is C=Cc1ccc(C(F)(F)C(F)(F)C(F)(F)C(F)(F)C(F)(F)C(F)(F)F)cc1. The van der Waals surface area contributed by atoms with Gasteiger partial charge in [-0.1, -0.05) is 36.9 Å². The molecule has 0 saturated carbocycles. The number of rotatable bonds is 6. The molecule has 0 radical (unpaired) electrons. The Hall–Kier alpha value is -1.95. The Morgan fingerprint density at radius 1 is 0.556 bits per heavy atom. The van der Waals surface area contributed by atoms with Gasteiger partial charge in [0.15, 0.2) is 0 Å². The second-order valence-electron chi connectivity index (χ2n) is 5.20. The van der Waals surface area contributed by atoms with E-state index in [1.807, 2.05) is 0 Å². The van der Waals surface area contributed by atoms with Gasteiger partial charge in [0.1, 0.15) is 0 Å². The van der Waals surface area contributed by atoms with E-state index in [2.05, 4.69) is 6.58 Å². The molecule has 0 fully saturated rings. The normalized spacial score (nSPS) is 15.0. The topological polar surface area (TPSA) is 0 Å². The summed E-state index contributed by atoms with van der Waals surface area (Å²) in [6.07, 6.45) is -6.43. The summed E-state index contributed by atoms with van der Waals surface area (Å²) in [5, 5.41) is 0. The van der Waals surface area contributed by atoms with Crippen molar-refractivity contribution in [1.29, 1.82) is 0 Å². The zero-order valence-electron chi connectivity index (χ0n) is 12.5. The van der Waals surface area contributed by atoms with Gasteiger partial charge in [-0.3, -0.25) is 0 Å². The summed E-state index contributed by atoms with van der Waals surface area (Å²) in [4.78, 5) is 0. The average Bonchev–Trinajstić information content (AvgIpc) is 2.53. The van der Waals surface area contributed by atoms with Crippen LogP contribution < -0.4 is 0 Å². The second kappa shape index (κ2) is 6.30. The molecule has 0 aromatic heterocycles. The van der Waals surface area contributed by atoms with Gasteiger partial charge in [0.2, 0.25) is 0 Å². The minimum absolute atomic E-state index is 0.00133. The van der Waals surface area contributed by atoms with Gasteiger partial charge in [-0.15, -0.1) is 0 Å². The molecule has 0 aliphatic heterocycles. The Labute approximate surface area is 142 Å². The first kappa shape index (κ1) is 23.1. The summed E-state index contributed by atoms with van der Waals surface area (Å²) in [6, 6.07) is 1.38. The van der Waals surface area contributed by atoms with E-state index < -0.39 is 41.4 Å². The molecule has 0 aliphatic rings. The van der Waals surface area contributed by atoms with Gasteiger partial charge in [-0.05, 0) is 5.56 Å². The van der Waals surface area contributed by atoms with Crippen molar-refractivity contribution in [3.63, 3.8) is 0 Å². The van der Waals surface area contributed by atoms with Gasteiger partial charge < -0.3 is 0 Å². The van der Waals surface area contributed by atoms with Crippen LogP contribution in [-0.4, -0.2) is 29.9 Å². The molecule has 13 heteroatoms. The third kappa shape index (κ3) is 3.14. The van der Waals surface area contributed by atoms with E-state index in [0.717, 1.165) is 6.08 Å². The van der Waals surface area contributed by atoms with Crippen LogP contribution in [0.4, 0.5) is 57.1 Å². The highest BCUT2D eigenvalue weighted by molar-refractivity contribution is 5.47. The number of hydrogen-bond acceptors (Lipinski definition) is 0. The third-order valence-electron chi connectivity index (χ3n) is 3.44. The van der Waals surface area contributed by atoms with Crippen LogP contribution in [-0.2, 0) is 5.92 Å². The first-order valence-electron chi connectivity index (χ1n) is 6.48. The molecule has 0 heterocycles. The molecular weight excluding hydrogens is 415 g/mol. The van der Waals surface area contributed by atoms with Crippen molar-refractivity contribution in [2.24, 2.45) is 0 Å². The minimum atomic E-state index is -7.90. The summed E-state index contributed by atoms with van der Waals surface area (Å²) in [6.45, 7) is 3.15. The molecule has 0 nitrogen and oxygen atoms in total. The lowest BCUT2D eigenvalue weighted by Crippen LogP contribution is -2.69. The van der Waals surface area contributed by atoms with Crippen LogP contribution >= 0.6 is 0 Å². The van der Waals surface area contributed by atoms with Gasteiger partial charge in [0.05, 0.1) is 0 Å². The van der Waals surface area contributed by atoms with E-state index in [9.17, 15) is 57.1 Å². The highest BCUT2D eigenvalue weighted by Gasteiger charge is 2.90. The molecule has 27 heavy (non-hydrogen) atoms. The maximum atomic E-state index is 13.8. The lowest BCUT2D eigenvalue weighted by atomic mass is 9.90. The van der Waals surface area contributed by atoms with Gasteiger partial charge in [0, 0.05) is 5.56 Å². The summed E-state index contributed by atoms with van der Waals surface area (Å²) in [5.74, 6) is -37.0. The summed E-state index contributed by atoms with van der Waals surface area (Å²) in [7, 11) is 0. The Morgan fingerprint density at radius 3 is 1.26 bits per heavy atom. The van der Waals surface area contributed by atoms with Crippen molar-refractivity contribution in [2.45, 2.75) is 35.8 Å². The molecule has 0 amide bonds. The number of halogens is 13. The molecule has 0 aliphatic carbocycles. The summed E-state index contributed by atoms with van der Waals surface area (Å²) in [5.41, 5.74) is -2.03. The summed E-state index contributed by atoms with van der Waals surface area (Å²) >= 11 is 0. The smallest absolute Gasteiger partial charge is 0.194 e. The zero-order chi connectivity index (χ0) is 21.7. The molecule has 0 unspecified atom stereocenters. The Morgan fingerprint density at radius 2 is 0.926 bits per heavy atom. The van der Waals surface area contributed by atoms with Crippen LogP contribution in [0.15, 0.2) is 30.8 Å². The standard InChI is InChI=1S/C14H7F13/c1-2-7-3-5-8(6-4-7)9(15,16)10(17,18)11(19,20)12(21,22)13(23,24)14(25,26)27/h2-6H,1H2. The van der Waals surface area contributed by atoms with E-state index in [4.69, 9.17) is 0 Å². The molecule has 0 saturated heterocycles. The van der Waals surface area contributed by atoms with Crippen LogP contribution in [0.5, 0.6) is 0 Å². The van der Waals surface area contributed by atoms with Crippen molar-refractivity contribution in [3.05, 3.63) is 42.0 Å². The number of hydrogen-bond donors (Lipinski definition) is 0. The fourth-order valence-electron chi connectivity index (χ4n) is 1.78. The Bertz CT molecular complexity index is 682. The number of benzene rings is 1. The van der Waals surface area contributed by atoms with E-state index in [-0.39, 0.29) is 17.7 Å². The Balaban J connectivity index is 3.54. The highest BCUT2D eigenvalue weighted by atomic mass is 19.4. The molecule has 0 spiro atoms. The van der Waals surface area contributed by atoms with Crippen molar-refractivity contribution in [3.8, 4) is 0 Å². The van der Waals surface area contributed by atoms with Crippen LogP contribution in [0, 0.1) is 0 Å². The van der Waals surface area contributed by atoms with Gasteiger partial charge in [0.25, 0.3) is 0 Å². The summed E-state index contributed by atoms with van der Waals surface area (Å²) < 4.78 is 169. The third-order valence-corrected chi connectivity index (χ3v) is 3.44. The minimum Gasteiger partial charge on any atom is -0.194 e. The van der Waals surface area contributed by atoms with E-state index >= 15 is 0 Å². The van der Waals surface area contributed by atoms with Gasteiger partial charge >= 0.3 is 35.8 Å². The van der Waals surface area contributed by atoms with Crippen molar-refractivity contribution >= 4 is 6.08 Å². The maximum absolute atomic E-state index is 13.8. The fraction of sp³-hybridized carbons (Fsp3) is 0.429. The van der Waals surface area contributed by atoms with Crippen molar-refractivity contribution in [2.75, 3.05) is 0 Å². The number of alkyl halides is 13. The molecule has 0 atom stereocenters. The maximum Gasteiger partial charge on any atom is 0.460 e. The molecule has 154 valence electrons. The molecule has 1 aromatic carbocycles.